The zero-order valence-corrected chi connectivity index (χ0v) is 14.3. The van der Waals surface area contributed by atoms with Gasteiger partial charge in [0.2, 0.25) is 0 Å². The Labute approximate surface area is 154 Å². The molecule has 0 unspecified atom stereocenters. The van der Waals surface area contributed by atoms with Crippen molar-refractivity contribution in [1.29, 1.82) is 0 Å². The highest BCUT2D eigenvalue weighted by atomic mass is 32.1. The summed E-state index contributed by atoms with van der Waals surface area (Å²) in [6, 6.07) is 8.91. The van der Waals surface area contributed by atoms with Crippen LogP contribution in [0.2, 0.25) is 0 Å². The normalized spacial score (nSPS) is 12.7. The fraction of sp³-hybridized carbons (Fsp3) is 0. The molecule has 4 rings (SSSR count). The number of benzene rings is 1. The van der Waals surface area contributed by atoms with Gasteiger partial charge >= 0.3 is 0 Å². The number of nitrogens with one attached hydrogen (secondary N) is 1. The monoisotopic (exact) mass is 382 g/mol. The molecule has 0 aliphatic carbocycles. The summed E-state index contributed by atoms with van der Waals surface area (Å²) in [6.07, 6.45) is 0. The van der Waals surface area contributed by atoms with Gasteiger partial charge in [-0.1, -0.05) is 6.07 Å². The van der Waals surface area contributed by atoms with Crippen LogP contribution in [0.25, 0.3) is 16.1 Å². The van der Waals surface area contributed by atoms with E-state index in [0.29, 0.717) is 5.56 Å². The van der Waals surface area contributed by atoms with Crippen molar-refractivity contribution in [3.05, 3.63) is 73.4 Å². The maximum atomic E-state index is 12.6. The number of amides is 2. The third-order valence-corrected chi connectivity index (χ3v) is 5.09. The molecule has 9 nitrogen and oxygen atoms in total. The number of hydrogen-bond donors (Lipinski definition) is 2. The Morgan fingerprint density at radius 1 is 1.11 bits per heavy atom. The predicted molar refractivity (Wildman–Crippen MR) is 98.2 cm³/mol. The molecule has 3 heterocycles. The number of anilines is 1. The Morgan fingerprint density at radius 2 is 1.89 bits per heavy atom. The first-order valence-corrected chi connectivity index (χ1v) is 8.50. The minimum atomic E-state index is -0.752. The molecule has 0 spiro atoms. The molecule has 0 atom stereocenters. The summed E-state index contributed by atoms with van der Waals surface area (Å²) in [5.74, 6) is -1.81. The van der Waals surface area contributed by atoms with Crippen LogP contribution in [0.1, 0.15) is 20.7 Å². The van der Waals surface area contributed by atoms with Gasteiger partial charge in [0.05, 0.1) is 16.1 Å². The number of imide groups is 1. The van der Waals surface area contributed by atoms with E-state index in [1.807, 2.05) is 17.5 Å². The zero-order chi connectivity index (χ0) is 19.3. The number of nitrogens with zero attached hydrogens (tertiary/aromatic N) is 2. The second kappa shape index (κ2) is 5.88. The van der Waals surface area contributed by atoms with Gasteiger partial charge in [-0.05, 0) is 29.1 Å². The first-order valence-electron chi connectivity index (χ1n) is 7.62. The molecular formula is C17H10N4O5S. The van der Waals surface area contributed by atoms with Crippen molar-refractivity contribution in [2.75, 3.05) is 5.73 Å². The number of hydrogen-bond acceptors (Lipinski definition) is 7. The highest BCUT2D eigenvalue weighted by Gasteiger charge is 2.33. The second-order valence-electron chi connectivity index (χ2n) is 5.71. The summed E-state index contributed by atoms with van der Waals surface area (Å²) in [5, 5.41) is 15.4. The number of carbonyl (C=O) groups is 2. The largest absolute Gasteiger partial charge is 0.384 e. The molecule has 0 bridgehead atoms. The molecule has 3 aromatic rings. The maximum Gasteiger partial charge on any atom is 0.293 e. The van der Waals surface area contributed by atoms with Gasteiger partial charge in [-0.25, -0.2) is 0 Å². The molecular weight excluding hydrogens is 372 g/mol. The topological polar surface area (TPSA) is 137 Å². The van der Waals surface area contributed by atoms with Crippen LogP contribution in [-0.4, -0.2) is 21.3 Å². The molecule has 27 heavy (non-hydrogen) atoms. The predicted octanol–water partition coefficient (Wildman–Crippen LogP) is 1.94. The molecule has 3 N–H and O–H groups in total. The molecule has 0 radical (unpaired) electrons. The van der Waals surface area contributed by atoms with E-state index < -0.39 is 22.3 Å². The average Bonchev–Trinajstić information content (AvgIpc) is 3.23. The molecule has 1 aromatic carbocycles. The van der Waals surface area contributed by atoms with Crippen LogP contribution in [0.15, 0.2) is 46.6 Å². The number of aromatic nitrogens is 1. The zero-order valence-electron chi connectivity index (χ0n) is 13.5. The third-order valence-electron chi connectivity index (χ3n) is 4.17. The summed E-state index contributed by atoms with van der Waals surface area (Å²) in [6.45, 7) is 0. The Bertz CT molecular complexity index is 1200. The molecule has 0 saturated carbocycles. The average molecular weight is 382 g/mol. The Balaban J connectivity index is 2.04. The minimum absolute atomic E-state index is 0.0802. The number of nitrogen functional groups attached to an aromatic ring is 1. The standard InChI is InChI=1S/C17H10N4O5S/c18-15-14-9(16(23)19-17(14)24)7-13(22)20(15)11-6-8(12-2-1-5-27-12)3-4-10(11)21(25)26/h1-7H,18H2,(H,19,23,24). The van der Waals surface area contributed by atoms with Crippen LogP contribution < -0.4 is 16.6 Å². The van der Waals surface area contributed by atoms with Crippen LogP contribution in [0.4, 0.5) is 11.5 Å². The summed E-state index contributed by atoms with van der Waals surface area (Å²) in [5.41, 5.74) is 5.14. The molecule has 0 fully saturated rings. The summed E-state index contributed by atoms with van der Waals surface area (Å²) in [7, 11) is 0. The molecule has 1 aliphatic rings. The number of thiophene rings is 1. The van der Waals surface area contributed by atoms with Crippen molar-refractivity contribution in [2.24, 2.45) is 0 Å². The van der Waals surface area contributed by atoms with Gasteiger partial charge in [0, 0.05) is 17.0 Å². The molecule has 0 saturated heterocycles. The summed E-state index contributed by atoms with van der Waals surface area (Å²) >= 11 is 1.43. The number of rotatable bonds is 3. The minimum Gasteiger partial charge on any atom is -0.384 e. The van der Waals surface area contributed by atoms with Crippen molar-refractivity contribution in [2.45, 2.75) is 0 Å². The van der Waals surface area contributed by atoms with Gasteiger partial charge in [0.1, 0.15) is 11.5 Å². The number of nitro benzene ring substituents is 1. The summed E-state index contributed by atoms with van der Waals surface area (Å²) in [4.78, 5) is 48.1. The van der Waals surface area contributed by atoms with Crippen molar-refractivity contribution in [3.8, 4) is 16.1 Å². The van der Waals surface area contributed by atoms with Gasteiger partial charge < -0.3 is 5.73 Å². The van der Waals surface area contributed by atoms with E-state index in [2.05, 4.69) is 5.32 Å². The second-order valence-corrected chi connectivity index (χ2v) is 6.66. The van der Waals surface area contributed by atoms with E-state index >= 15 is 0 Å². The lowest BCUT2D eigenvalue weighted by molar-refractivity contribution is -0.384. The van der Waals surface area contributed by atoms with Gasteiger partial charge in [0.15, 0.2) is 0 Å². The maximum absolute atomic E-state index is 12.6. The third kappa shape index (κ3) is 2.50. The Morgan fingerprint density at radius 3 is 2.56 bits per heavy atom. The van der Waals surface area contributed by atoms with E-state index in [4.69, 9.17) is 5.73 Å². The number of nitrogens with two attached hydrogens (primary N) is 1. The van der Waals surface area contributed by atoms with Crippen molar-refractivity contribution < 1.29 is 14.5 Å². The van der Waals surface area contributed by atoms with Gasteiger partial charge in [-0.3, -0.25) is 34.4 Å². The van der Waals surface area contributed by atoms with Crippen molar-refractivity contribution in [3.63, 3.8) is 0 Å². The fourth-order valence-electron chi connectivity index (χ4n) is 2.98. The van der Waals surface area contributed by atoms with E-state index in [1.165, 1.54) is 23.5 Å². The number of fused-ring (bicyclic) bond motifs is 1. The Kier molecular flexibility index (Phi) is 3.63. The van der Waals surface area contributed by atoms with Gasteiger partial charge in [-0.15, -0.1) is 11.3 Å². The molecule has 2 aromatic heterocycles. The van der Waals surface area contributed by atoms with Crippen LogP contribution in [0.3, 0.4) is 0 Å². The quantitative estimate of drug-likeness (QED) is 0.403. The molecule has 2 amide bonds. The number of pyridine rings is 1. The lowest BCUT2D eigenvalue weighted by Crippen LogP contribution is -2.24. The van der Waals surface area contributed by atoms with Crippen molar-refractivity contribution in [1.82, 2.24) is 9.88 Å². The van der Waals surface area contributed by atoms with Crippen LogP contribution in [0, 0.1) is 10.1 Å². The van der Waals surface area contributed by atoms with Crippen LogP contribution >= 0.6 is 11.3 Å². The summed E-state index contributed by atoms with van der Waals surface area (Å²) < 4.78 is 0.881. The number of nitro groups is 1. The van der Waals surface area contributed by atoms with E-state index in [0.717, 1.165) is 15.5 Å². The van der Waals surface area contributed by atoms with Crippen LogP contribution in [-0.2, 0) is 0 Å². The molecule has 1 aliphatic heterocycles. The van der Waals surface area contributed by atoms with Gasteiger partial charge in [0.25, 0.3) is 23.1 Å². The fourth-order valence-corrected chi connectivity index (χ4v) is 3.70. The SMILES string of the molecule is Nc1c2c(cc(=O)n1-c1cc(-c3cccs3)ccc1[N+](=O)[O-])C(=O)NC2=O. The highest BCUT2D eigenvalue weighted by molar-refractivity contribution is 7.13. The lowest BCUT2D eigenvalue weighted by atomic mass is 10.1. The first kappa shape index (κ1) is 16.7. The first-order chi connectivity index (χ1) is 12.9. The van der Waals surface area contributed by atoms with E-state index in [1.54, 1.807) is 6.07 Å². The van der Waals surface area contributed by atoms with Crippen molar-refractivity contribution >= 4 is 34.7 Å². The molecule has 134 valence electrons. The Hall–Kier alpha value is -3.79. The van der Waals surface area contributed by atoms with Crippen LogP contribution in [0.5, 0.6) is 0 Å². The molecule has 10 heteroatoms. The lowest BCUT2D eigenvalue weighted by Gasteiger charge is -2.13. The van der Waals surface area contributed by atoms with E-state index in [-0.39, 0.29) is 28.3 Å². The highest BCUT2D eigenvalue weighted by Crippen LogP contribution is 2.33. The number of carbonyl (C=O) groups excluding carboxylic acids is 2. The van der Waals surface area contributed by atoms with Gasteiger partial charge in [-0.2, -0.15) is 0 Å². The smallest absolute Gasteiger partial charge is 0.293 e. The van der Waals surface area contributed by atoms with E-state index in [9.17, 15) is 24.5 Å².